The lowest BCUT2D eigenvalue weighted by Crippen LogP contribution is -2.24. The van der Waals surface area contributed by atoms with Gasteiger partial charge in [0.2, 0.25) is 15.9 Å². The Bertz CT molecular complexity index is 931. The molecule has 0 unspecified atom stereocenters. The van der Waals surface area contributed by atoms with Gasteiger partial charge < -0.3 is 10.6 Å². The highest BCUT2D eigenvalue weighted by molar-refractivity contribution is 7.89. The summed E-state index contributed by atoms with van der Waals surface area (Å²) in [4.78, 5) is 12.2. The summed E-state index contributed by atoms with van der Waals surface area (Å²) in [5, 5.41) is 6.45. The van der Waals surface area contributed by atoms with Crippen molar-refractivity contribution in [1.82, 2.24) is 4.31 Å². The van der Waals surface area contributed by atoms with Crippen molar-refractivity contribution in [2.45, 2.75) is 11.8 Å². The fourth-order valence-electron chi connectivity index (χ4n) is 2.14. The molecule has 0 saturated carbocycles. The average Bonchev–Trinajstić information content (AvgIpc) is 2.58. The molecule has 0 fully saturated rings. The Kier molecular flexibility index (Phi) is 6.52. The zero-order valence-electron chi connectivity index (χ0n) is 14.5. The number of amides is 1. The lowest BCUT2D eigenvalue weighted by atomic mass is 10.2. The third kappa shape index (κ3) is 4.67. The first kappa shape index (κ1) is 20.5. The first-order valence-corrected chi connectivity index (χ1v) is 9.83. The van der Waals surface area contributed by atoms with E-state index < -0.39 is 10.0 Å². The number of carbonyl (C=O) groups excluding carboxylic acids is 1. The Balaban J connectivity index is 2.13. The van der Waals surface area contributed by atoms with Gasteiger partial charge in [-0.15, -0.1) is 0 Å². The third-order valence-electron chi connectivity index (χ3n) is 3.70. The van der Waals surface area contributed by atoms with Crippen LogP contribution in [0.3, 0.4) is 0 Å². The molecule has 6 nitrogen and oxygen atoms in total. The first-order chi connectivity index (χ1) is 12.1. The zero-order valence-corrected chi connectivity index (χ0v) is 16.8. The Morgan fingerprint density at radius 3 is 2.42 bits per heavy atom. The van der Waals surface area contributed by atoms with Gasteiger partial charge in [-0.25, -0.2) is 12.7 Å². The highest BCUT2D eigenvalue weighted by atomic mass is 35.5. The number of benzene rings is 2. The van der Waals surface area contributed by atoms with Crippen LogP contribution in [0.5, 0.6) is 0 Å². The smallest absolute Gasteiger partial charge is 0.243 e. The van der Waals surface area contributed by atoms with Crippen LogP contribution in [0.4, 0.5) is 11.4 Å². The van der Waals surface area contributed by atoms with Gasteiger partial charge in [-0.3, -0.25) is 4.79 Å². The quantitative estimate of drug-likeness (QED) is 0.754. The van der Waals surface area contributed by atoms with Crippen molar-refractivity contribution in [3.8, 4) is 0 Å². The summed E-state index contributed by atoms with van der Waals surface area (Å²) >= 11 is 12.1. The summed E-state index contributed by atoms with van der Waals surface area (Å²) < 4.78 is 25.5. The summed E-state index contributed by atoms with van der Waals surface area (Å²) in [6.07, 6.45) is 0. The van der Waals surface area contributed by atoms with Gasteiger partial charge >= 0.3 is 0 Å². The topological polar surface area (TPSA) is 78.5 Å². The minimum absolute atomic E-state index is 0.0256. The molecule has 1 amide bonds. The number of hydrogen-bond acceptors (Lipinski definition) is 4. The van der Waals surface area contributed by atoms with Crippen molar-refractivity contribution >= 4 is 50.5 Å². The van der Waals surface area contributed by atoms with Crippen molar-refractivity contribution in [1.29, 1.82) is 0 Å². The summed E-state index contributed by atoms with van der Waals surface area (Å²) in [6, 6.07) is 9.51. The molecule has 2 aromatic rings. The molecule has 2 rings (SSSR count). The largest absolute Gasteiger partial charge is 0.376 e. The van der Waals surface area contributed by atoms with Crippen LogP contribution in [-0.2, 0) is 14.8 Å². The van der Waals surface area contributed by atoms with Crippen molar-refractivity contribution in [3.05, 3.63) is 52.0 Å². The van der Waals surface area contributed by atoms with Crippen LogP contribution in [0.25, 0.3) is 0 Å². The fourth-order valence-corrected chi connectivity index (χ4v) is 3.41. The summed E-state index contributed by atoms with van der Waals surface area (Å²) in [5.74, 6) is -0.370. The molecule has 0 aliphatic heterocycles. The standard InChI is InChI=1S/C17H19Cl2N3O3S/c1-11-13(18)5-4-6-15(11)20-10-17(23)21-16-9-12(7-8-14(16)19)26(24,25)22(2)3/h4-9,20H,10H2,1-3H3,(H,21,23). The van der Waals surface area contributed by atoms with E-state index in [1.807, 2.05) is 13.0 Å². The molecule has 0 radical (unpaired) electrons. The van der Waals surface area contributed by atoms with Crippen molar-refractivity contribution in [2.24, 2.45) is 0 Å². The van der Waals surface area contributed by atoms with Crippen LogP contribution < -0.4 is 10.6 Å². The molecule has 0 aromatic heterocycles. The average molecular weight is 416 g/mol. The summed E-state index contributed by atoms with van der Waals surface area (Å²) in [6.45, 7) is 1.82. The lowest BCUT2D eigenvalue weighted by Gasteiger charge is -2.14. The number of carbonyl (C=O) groups is 1. The molecule has 0 atom stereocenters. The van der Waals surface area contributed by atoms with Gasteiger partial charge in [-0.1, -0.05) is 29.3 Å². The molecular formula is C17H19Cl2N3O3S. The maximum atomic E-state index is 12.2. The number of nitrogens with one attached hydrogen (secondary N) is 2. The van der Waals surface area contributed by atoms with Crippen LogP contribution in [0, 0.1) is 6.92 Å². The van der Waals surface area contributed by atoms with Gasteiger partial charge in [0.25, 0.3) is 0 Å². The molecule has 0 spiro atoms. The van der Waals surface area contributed by atoms with E-state index in [2.05, 4.69) is 10.6 Å². The Morgan fingerprint density at radius 1 is 1.08 bits per heavy atom. The maximum Gasteiger partial charge on any atom is 0.243 e. The molecule has 26 heavy (non-hydrogen) atoms. The molecule has 140 valence electrons. The number of anilines is 2. The Labute approximate surface area is 163 Å². The van der Waals surface area contributed by atoms with Gasteiger partial charge in [-0.05, 0) is 42.8 Å². The number of sulfonamides is 1. The predicted molar refractivity (Wildman–Crippen MR) is 106 cm³/mol. The number of nitrogens with zero attached hydrogens (tertiary/aromatic N) is 1. The van der Waals surface area contributed by atoms with Crippen molar-refractivity contribution in [2.75, 3.05) is 31.3 Å². The van der Waals surface area contributed by atoms with Gasteiger partial charge in [-0.2, -0.15) is 0 Å². The van der Waals surface area contributed by atoms with E-state index in [1.165, 1.54) is 32.3 Å². The van der Waals surface area contributed by atoms with E-state index in [4.69, 9.17) is 23.2 Å². The molecule has 0 aliphatic rings. The van der Waals surface area contributed by atoms with E-state index in [9.17, 15) is 13.2 Å². The van der Waals surface area contributed by atoms with E-state index in [0.29, 0.717) is 5.02 Å². The zero-order chi connectivity index (χ0) is 19.5. The second-order valence-electron chi connectivity index (χ2n) is 5.74. The van der Waals surface area contributed by atoms with Gasteiger partial charge in [0, 0.05) is 24.8 Å². The van der Waals surface area contributed by atoms with Crippen molar-refractivity contribution in [3.63, 3.8) is 0 Å². The van der Waals surface area contributed by atoms with Gasteiger partial charge in [0.1, 0.15) is 0 Å². The van der Waals surface area contributed by atoms with Crippen LogP contribution in [-0.4, -0.2) is 39.3 Å². The summed E-state index contributed by atoms with van der Waals surface area (Å²) in [5.41, 5.74) is 1.80. The first-order valence-electron chi connectivity index (χ1n) is 7.64. The van der Waals surface area contributed by atoms with Gasteiger partial charge in [0.15, 0.2) is 0 Å². The van der Waals surface area contributed by atoms with E-state index in [1.54, 1.807) is 12.1 Å². The highest BCUT2D eigenvalue weighted by Crippen LogP contribution is 2.27. The second-order valence-corrected chi connectivity index (χ2v) is 8.71. The molecule has 0 heterocycles. The minimum Gasteiger partial charge on any atom is -0.376 e. The maximum absolute atomic E-state index is 12.2. The molecule has 2 aromatic carbocycles. The lowest BCUT2D eigenvalue weighted by molar-refractivity contribution is -0.114. The molecule has 0 saturated heterocycles. The number of rotatable bonds is 6. The highest BCUT2D eigenvalue weighted by Gasteiger charge is 2.19. The Hall–Kier alpha value is -1.80. The van der Waals surface area contributed by atoms with Crippen LogP contribution in [0.1, 0.15) is 5.56 Å². The Morgan fingerprint density at radius 2 is 1.77 bits per heavy atom. The van der Waals surface area contributed by atoms with E-state index >= 15 is 0 Å². The van der Waals surface area contributed by atoms with Crippen LogP contribution in [0.2, 0.25) is 10.0 Å². The van der Waals surface area contributed by atoms with E-state index in [0.717, 1.165) is 15.6 Å². The van der Waals surface area contributed by atoms with Gasteiger partial charge in [0.05, 0.1) is 22.2 Å². The second kappa shape index (κ2) is 8.26. The molecule has 9 heteroatoms. The molecular weight excluding hydrogens is 397 g/mol. The summed E-state index contributed by atoms with van der Waals surface area (Å²) in [7, 11) is -0.764. The van der Waals surface area contributed by atoms with Crippen LogP contribution >= 0.6 is 23.2 Å². The van der Waals surface area contributed by atoms with Crippen LogP contribution in [0.15, 0.2) is 41.3 Å². The monoisotopic (exact) mass is 415 g/mol. The molecule has 0 bridgehead atoms. The normalized spacial score (nSPS) is 11.5. The van der Waals surface area contributed by atoms with Crippen molar-refractivity contribution < 1.29 is 13.2 Å². The molecule has 0 aliphatic carbocycles. The minimum atomic E-state index is -3.62. The fraction of sp³-hybridized carbons (Fsp3) is 0.235. The van der Waals surface area contributed by atoms with E-state index in [-0.39, 0.29) is 28.1 Å². The third-order valence-corrected chi connectivity index (χ3v) is 6.25. The molecule has 2 N–H and O–H groups in total. The number of halogens is 2. The SMILES string of the molecule is Cc1c(Cl)cccc1NCC(=O)Nc1cc(S(=O)(=O)N(C)C)ccc1Cl. The predicted octanol–water partition coefficient (Wildman–Crippen LogP) is 3.60. The number of hydrogen-bond donors (Lipinski definition) is 2.